The van der Waals surface area contributed by atoms with Gasteiger partial charge in [0.15, 0.2) is 0 Å². The minimum atomic E-state index is -1.62. The van der Waals surface area contributed by atoms with E-state index < -0.39 is 54.2 Å². The van der Waals surface area contributed by atoms with Gasteiger partial charge in [0.2, 0.25) is 17.7 Å². The second-order valence-electron chi connectivity index (χ2n) is 5.72. The van der Waals surface area contributed by atoms with Crippen molar-refractivity contribution in [2.45, 2.75) is 45.3 Å². The SMILES string of the molecule is CC(C)[C@H](NC(=O)CN)C(=O)N[C@@H](C)C(=O)N[C@@H](CC(=O)O)C(=O)O. The van der Waals surface area contributed by atoms with Crippen LogP contribution in [-0.4, -0.2) is 64.5 Å². The van der Waals surface area contributed by atoms with Gasteiger partial charge in [-0.05, 0) is 12.8 Å². The van der Waals surface area contributed by atoms with Crippen LogP contribution in [0.3, 0.4) is 0 Å². The molecule has 0 bridgehead atoms. The maximum atomic E-state index is 12.2. The number of hydrogen-bond acceptors (Lipinski definition) is 6. The molecule has 0 heterocycles. The molecule has 0 rings (SSSR count). The number of carbonyl (C=O) groups excluding carboxylic acids is 3. The first-order valence-electron chi connectivity index (χ1n) is 7.54. The molecule has 0 aliphatic heterocycles. The average molecular weight is 360 g/mol. The minimum absolute atomic E-state index is 0.287. The van der Waals surface area contributed by atoms with E-state index in [1.54, 1.807) is 13.8 Å². The maximum Gasteiger partial charge on any atom is 0.326 e. The van der Waals surface area contributed by atoms with Crippen molar-refractivity contribution in [3.63, 3.8) is 0 Å². The number of carbonyl (C=O) groups is 5. The van der Waals surface area contributed by atoms with E-state index in [1.165, 1.54) is 6.92 Å². The molecule has 3 atom stereocenters. The lowest BCUT2D eigenvalue weighted by Crippen LogP contribution is -2.56. The van der Waals surface area contributed by atoms with Crippen molar-refractivity contribution in [2.24, 2.45) is 11.7 Å². The van der Waals surface area contributed by atoms with E-state index in [9.17, 15) is 24.0 Å². The van der Waals surface area contributed by atoms with Crippen molar-refractivity contribution in [1.29, 1.82) is 0 Å². The molecule has 0 spiro atoms. The Kier molecular flexibility index (Phi) is 9.13. The quantitative estimate of drug-likeness (QED) is 0.249. The Balaban J connectivity index is 4.86. The number of nitrogens with two attached hydrogens (primary N) is 1. The van der Waals surface area contributed by atoms with E-state index in [0.29, 0.717) is 0 Å². The lowest BCUT2D eigenvalue weighted by Gasteiger charge is -2.24. The summed E-state index contributed by atoms with van der Waals surface area (Å²) in [5, 5.41) is 24.3. The monoisotopic (exact) mass is 360 g/mol. The number of amides is 3. The fraction of sp³-hybridized carbons (Fsp3) is 0.643. The van der Waals surface area contributed by atoms with Crippen molar-refractivity contribution in [3.8, 4) is 0 Å². The Labute approximate surface area is 144 Å². The van der Waals surface area contributed by atoms with Gasteiger partial charge in [0.25, 0.3) is 0 Å². The fourth-order valence-corrected chi connectivity index (χ4v) is 1.81. The standard InChI is InChI=1S/C14H24N4O7/c1-6(2)11(18-9(19)5-15)13(23)16-7(3)12(22)17-8(14(24)25)4-10(20)21/h6-8,11H,4-5,15H2,1-3H3,(H,16,23)(H,17,22)(H,18,19)(H,20,21)(H,24,25)/t7-,8-,11-/m0/s1. The summed E-state index contributed by atoms with van der Waals surface area (Å²) < 4.78 is 0. The molecule has 0 fully saturated rings. The smallest absolute Gasteiger partial charge is 0.326 e. The second-order valence-corrected chi connectivity index (χ2v) is 5.72. The molecule has 0 aromatic carbocycles. The van der Waals surface area contributed by atoms with Crippen LogP contribution in [0.25, 0.3) is 0 Å². The number of aliphatic carboxylic acids is 2. The average Bonchev–Trinajstić information content (AvgIpc) is 2.50. The molecule has 0 aromatic rings. The molecule has 0 aliphatic rings. The minimum Gasteiger partial charge on any atom is -0.481 e. The van der Waals surface area contributed by atoms with Crippen LogP contribution in [-0.2, 0) is 24.0 Å². The van der Waals surface area contributed by atoms with Gasteiger partial charge >= 0.3 is 11.9 Å². The van der Waals surface area contributed by atoms with Crippen LogP contribution in [0, 0.1) is 5.92 Å². The Hall–Kier alpha value is -2.69. The van der Waals surface area contributed by atoms with Gasteiger partial charge in [-0.1, -0.05) is 13.8 Å². The molecular weight excluding hydrogens is 336 g/mol. The van der Waals surface area contributed by atoms with Gasteiger partial charge in [0, 0.05) is 0 Å². The van der Waals surface area contributed by atoms with Crippen LogP contribution in [0.1, 0.15) is 27.2 Å². The van der Waals surface area contributed by atoms with Gasteiger partial charge in [0.1, 0.15) is 18.1 Å². The topological polar surface area (TPSA) is 188 Å². The van der Waals surface area contributed by atoms with E-state index in [2.05, 4.69) is 10.6 Å². The van der Waals surface area contributed by atoms with Gasteiger partial charge in [-0.25, -0.2) is 4.79 Å². The molecule has 0 aliphatic carbocycles. The Morgan fingerprint density at radius 1 is 0.920 bits per heavy atom. The third-order valence-corrected chi connectivity index (χ3v) is 3.20. The van der Waals surface area contributed by atoms with Gasteiger partial charge in [-0.2, -0.15) is 0 Å². The zero-order valence-electron chi connectivity index (χ0n) is 14.2. The zero-order valence-corrected chi connectivity index (χ0v) is 14.2. The third-order valence-electron chi connectivity index (χ3n) is 3.20. The molecule has 0 unspecified atom stereocenters. The number of rotatable bonds is 10. The molecule has 7 N–H and O–H groups in total. The first-order valence-corrected chi connectivity index (χ1v) is 7.54. The summed E-state index contributed by atoms with van der Waals surface area (Å²) in [7, 11) is 0. The van der Waals surface area contributed by atoms with E-state index in [4.69, 9.17) is 15.9 Å². The molecule has 0 saturated carbocycles. The number of carboxylic acids is 2. The Morgan fingerprint density at radius 2 is 1.48 bits per heavy atom. The van der Waals surface area contributed by atoms with E-state index in [1.807, 2.05) is 5.32 Å². The highest BCUT2D eigenvalue weighted by atomic mass is 16.4. The number of hydrogen-bond donors (Lipinski definition) is 6. The van der Waals surface area contributed by atoms with Gasteiger partial charge in [-0.15, -0.1) is 0 Å². The van der Waals surface area contributed by atoms with E-state index in [0.717, 1.165) is 0 Å². The summed E-state index contributed by atoms with van der Waals surface area (Å²) in [6.45, 7) is 4.36. The molecule has 11 nitrogen and oxygen atoms in total. The first kappa shape index (κ1) is 22.3. The van der Waals surface area contributed by atoms with Crippen LogP contribution in [0.4, 0.5) is 0 Å². The first-order chi connectivity index (χ1) is 11.5. The molecule has 3 amide bonds. The molecule has 142 valence electrons. The van der Waals surface area contributed by atoms with Crippen molar-refractivity contribution < 1.29 is 34.2 Å². The fourth-order valence-electron chi connectivity index (χ4n) is 1.81. The summed E-state index contributed by atoms with van der Waals surface area (Å²) in [5.74, 6) is -5.25. The highest BCUT2D eigenvalue weighted by Gasteiger charge is 2.29. The summed E-state index contributed by atoms with van der Waals surface area (Å²) in [6, 6.07) is -3.69. The van der Waals surface area contributed by atoms with Crippen molar-refractivity contribution in [3.05, 3.63) is 0 Å². The highest BCUT2D eigenvalue weighted by molar-refractivity contribution is 5.94. The molecule has 0 saturated heterocycles. The Bertz CT molecular complexity index is 535. The van der Waals surface area contributed by atoms with Crippen molar-refractivity contribution >= 4 is 29.7 Å². The van der Waals surface area contributed by atoms with E-state index in [-0.39, 0.29) is 12.5 Å². The van der Waals surface area contributed by atoms with Gasteiger partial charge in [0.05, 0.1) is 13.0 Å². The van der Waals surface area contributed by atoms with Crippen molar-refractivity contribution in [2.75, 3.05) is 6.54 Å². The molecule has 25 heavy (non-hydrogen) atoms. The summed E-state index contributed by atoms with van der Waals surface area (Å²) in [4.78, 5) is 57.1. The van der Waals surface area contributed by atoms with Crippen LogP contribution < -0.4 is 21.7 Å². The third kappa shape index (κ3) is 8.11. The predicted octanol–water partition coefficient (Wildman–Crippen LogP) is -2.37. The maximum absolute atomic E-state index is 12.2. The van der Waals surface area contributed by atoms with Crippen molar-refractivity contribution in [1.82, 2.24) is 16.0 Å². The molecular formula is C14H24N4O7. The number of carboxylic acid groups (broad SMARTS) is 2. The number of nitrogens with one attached hydrogen (secondary N) is 3. The largest absolute Gasteiger partial charge is 0.481 e. The zero-order chi connectivity index (χ0) is 19.7. The Morgan fingerprint density at radius 3 is 1.88 bits per heavy atom. The predicted molar refractivity (Wildman–Crippen MR) is 85.2 cm³/mol. The van der Waals surface area contributed by atoms with Crippen LogP contribution in [0.15, 0.2) is 0 Å². The summed E-state index contributed by atoms with van der Waals surface area (Å²) in [5.41, 5.74) is 5.18. The van der Waals surface area contributed by atoms with Gasteiger partial charge in [-0.3, -0.25) is 19.2 Å². The van der Waals surface area contributed by atoms with Crippen LogP contribution in [0.5, 0.6) is 0 Å². The lowest BCUT2D eigenvalue weighted by atomic mass is 10.0. The lowest BCUT2D eigenvalue weighted by molar-refractivity contribution is -0.147. The second kappa shape index (κ2) is 10.2. The van der Waals surface area contributed by atoms with Gasteiger partial charge < -0.3 is 31.9 Å². The normalized spacial score (nSPS) is 14.1. The molecule has 11 heteroatoms. The summed E-state index contributed by atoms with van der Waals surface area (Å²) in [6.07, 6.45) is -0.803. The molecule has 0 radical (unpaired) electrons. The van der Waals surface area contributed by atoms with E-state index >= 15 is 0 Å². The van der Waals surface area contributed by atoms with Crippen LogP contribution >= 0.6 is 0 Å². The molecule has 0 aromatic heterocycles. The van der Waals surface area contributed by atoms with Crippen LogP contribution in [0.2, 0.25) is 0 Å². The highest BCUT2D eigenvalue weighted by Crippen LogP contribution is 2.03. The summed E-state index contributed by atoms with van der Waals surface area (Å²) >= 11 is 0.